The molecule has 2 saturated heterocycles. The molecule has 2 unspecified atom stereocenters. The second-order valence-electron chi connectivity index (χ2n) is 14.6. The quantitative estimate of drug-likeness (QED) is 0.0810. The van der Waals surface area contributed by atoms with Crippen LogP contribution in [0.5, 0.6) is 11.5 Å². The molecule has 7 nitrogen and oxygen atoms in total. The summed E-state index contributed by atoms with van der Waals surface area (Å²) in [5.74, 6) is 0.943. The Bertz CT molecular complexity index is 1960. The predicted octanol–water partition coefficient (Wildman–Crippen LogP) is 13.4. The van der Waals surface area contributed by atoms with Crippen LogP contribution in [-0.4, -0.2) is 67.2 Å². The zero-order chi connectivity index (χ0) is 45.5. The lowest BCUT2D eigenvalue weighted by atomic mass is 9.91. The van der Waals surface area contributed by atoms with E-state index < -0.39 is 12.7 Å². The zero-order valence-corrected chi connectivity index (χ0v) is 37.3. The Morgan fingerprint density at radius 3 is 1.57 bits per heavy atom. The van der Waals surface area contributed by atoms with E-state index in [1.54, 1.807) is 78.9 Å². The van der Waals surface area contributed by atoms with Crippen molar-refractivity contribution in [2.24, 2.45) is 11.8 Å². The van der Waals surface area contributed by atoms with Crippen molar-refractivity contribution in [3.05, 3.63) is 129 Å². The van der Waals surface area contributed by atoms with Gasteiger partial charge in [0.15, 0.2) is 11.6 Å². The molecule has 0 aliphatic carbocycles. The lowest BCUT2D eigenvalue weighted by Crippen LogP contribution is -2.39. The average Bonchev–Trinajstić information content (AvgIpc) is 3.23. The number of carbonyl (C=O) groups excluding carboxylic acids is 2. The third-order valence-corrected chi connectivity index (χ3v) is 10.8. The van der Waals surface area contributed by atoms with Gasteiger partial charge in [-0.1, -0.05) is 70.8 Å². The molecule has 2 heterocycles. The number of aryl methyl sites for hydroxylation is 2. The van der Waals surface area contributed by atoms with Gasteiger partial charge >= 0.3 is 12.7 Å². The van der Waals surface area contributed by atoms with Gasteiger partial charge in [-0.05, 0) is 167 Å². The van der Waals surface area contributed by atoms with Gasteiger partial charge in [-0.15, -0.1) is 26.3 Å². The van der Waals surface area contributed by atoms with Crippen LogP contribution < -0.4 is 14.8 Å². The molecule has 4 aromatic rings. The van der Waals surface area contributed by atoms with Crippen LogP contribution in [0.15, 0.2) is 97.1 Å². The molecule has 344 valence electrons. The number of ether oxygens (including phenoxy) is 2. The van der Waals surface area contributed by atoms with Crippen molar-refractivity contribution < 1.29 is 45.4 Å². The number of likely N-dealkylation sites (tertiary alicyclic amines) is 1. The van der Waals surface area contributed by atoms with E-state index in [-0.39, 0.29) is 30.5 Å². The summed E-state index contributed by atoms with van der Waals surface area (Å²) in [6.07, 6.45) is -0.999. The largest absolute Gasteiger partial charge is 0.573 e. The number of benzene rings is 4. The van der Waals surface area contributed by atoms with E-state index in [1.807, 2.05) is 0 Å². The van der Waals surface area contributed by atoms with E-state index >= 15 is 0 Å². The highest BCUT2D eigenvalue weighted by atomic mass is 79.9. The zero-order valence-electron chi connectivity index (χ0n) is 34.2. The van der Waals surface area contributed by atoms with Gasteiger partial charge in [-0.25, -0.2) is 0 Å². The maximum absolute atomic E-state index is 12.5. The number of alkyl halides is 7. The van der Waals surface area contributed by atoms with Gasteiger partial charge in [-0.3, -0.25) is 14.5 Å². The molecule has 2 atom stereocenters. The molecule has 6 rings (SSSR count). The van der Waals surface area contributed by atoms with Crippen LogP contribution in [0, 0.1) is 23.2 Å². The number of piperidine rings is 2. The molecule has 0 amide bonds. The summed E-state index contributed by atoms with van der Waals surface area (Å²) in [6.45, 7) is 5.73. The topological polar surface area (TPSA) is 91.7 Å². The third-order valence-electron chi connectivity index (χ3n) is 9.82. The van der Waals surface area contributed by atoms with Crippen LogP contribution in [0.25, 0.3) is 0 Å². The average molecular weight is 990 g/mol. The van der Waals surface area contributed by atoms with E-state index in [2.05, 4.69) is 35.6 Å². The lowest BCUT2D eigenvalue weighted by molar-refractivity contribution is -0.275. The summed E-state index contributed by atoms with van der Waals surface area (Å²) >= 11 is 14.6. The SMILES string of the molecule is C.CC#N.FC(F)(F)Oc1ccc(CCC2CCCNC2)cc1.O=C(CBr)c1ccc(Cl)cc1.O=C(CN1CCCC(CCc2ccc(OC(F)(F)F)cc2)C1)c1ccc(Cl)cc1. The van der Waals surface area contributed by atoms with Gasteiger partial charge in [0.25, 0.3) is 0 Å². The number of nitrogens with zero attached hydrogens (tertiary/aromatic N) is 2. The molecule has 0 spiro atoms. The maximum atomic E-state index is 12.5. The van der Waals surface area contributed by atoms with E-state index in [0.29, 0.717) is 44.9 Å². The summed E-state index contributed by atoms with van der Waals surface area (Å²) in [5, 5.41) is 12.3. The Morgan fingerprint density at radius 1 is 0.730 bits per heavy atom. The van der Waals surface area contributed by atoms with Crippen molar-refractivity contribution >= 4 is 50.7 Å². The van der Waals surface area contributed by atoms with Crippen molar-refractivity contribution in [3.8, 4) is 17.6 Å². The van der Waals surface area contributed by atoms with Crippen molar-refractivity contribution in [1.82, 2.24) is 10.2 Å². The number of nitriles is 1. The molecule has 2 aliphatic rings. The van der Waals surface area contributed by atoms with Crippen molar-refractivity contribution in [2.45, 2.75) is 78.4 Å². The fourth-order valence-electron chi connectivity index (χ4n) is 6.80. The number of ketones is 2. The van der Waals surface area contributed by atoms with Gasteiger partial charge in [0, 0.05) is 34.6 Å². The van der Waals surface area contributed by atoms with E-state index in [9.17, 15) is 35.9 Å². The smallest absolute Gasteiger partial charge is 0.406 e. The van der Waals surface area contributed by atoms with Crippen LogP contribution >= 0.6 is 39.1 Å². The van der Waals surface area contributed by atoms with E-state index in [1.165, 1.54) is 44.0 Å². The molecule has 0 bridgehead atoms. The second-order valence-corrected chi connectivity index (χ2v) is 16.1. The normalized spacial score (nSPS) is 16.1. The molecule has 16 heteroatoms. The van der Waals surface area contributed by atoms with Crippen molar-refractivity contribution in [2.75, 3.05) is 38.1 Å². The minimum atomic E-state index is -4.67. The van der Waals surface area contributed by atoms with Crippen LogP contribution in [0.4, 0.5) is 26.3 Å². The monoisotopic (exact) mass is 987 g/mol. The number of Topliss-reactive ketones (excluding diaryl/α,β-unsaturated/α-hetero) is 2. The van der Waals surface area contributed by atoms with Crippen LogP contribution in [0.3, 0.4) is 0 Å². The minimum Gasteiger partial charge on any atom is -0.406 e. The third kappa shape index (κ3) is 23.4. The fourth-order valence-corrected chi connectivity index (χ4v) is 7.38. The summed E-state index contributed by atoms with van der Waals surface area (Å²) in [7, 11) is 0. The van der Waals surface area contributed by atoms with Gasteiger partial charge in [-0.2, -0.15) is 5.26 Å². The van der Waals surface area contributed by atoms with E-state index in [4.69, 9.17) is 28.5 Å². The minimum absolute atomic E-state index is 0. The molecule has 2 fully saturated rings. The van der Waals surface area contributed by atoms with E-state index in [0.717, 1.165) is 75.8 Å². The van der Waals surface area contributed by atoms with Gasteiger partial charge < -0.3 is 14.8 Å². The van der Waals surface area contributed by atoms with Crippen molar-refractivity contribution in [3.63, 3.8) is 0 Å². The standard InChI is InChI=1S/C22H23ClF3NO2.C14H18F3NO.C8H6BrClO.C2H3N.CH4/c23-19-9-7-18(8-10-19)21(28)15-27-13-1-2-17(14-27)4-3-16-5-11-20(12-6-16)29-22(24,25)26;15-14(16,17)19-13-7-5-11(6-8-13)3-4-12-2-1-9-18-10-12;9-5-8(11)6-1-3-7(10)4-2-6;1-2-3;/h5-12,17H,1-4,13-15H2;5-8,12,18H,1-4,9-10H2;1-4H,5H2;1H3;1H4. The number of hydrogen-bond donors (Lipinski definition) is 1. The molecule has 4 aromatic carbocycles. The first-order valence-corrected chi connectivity index (χ1v) is 21.9. The van der Waals surface area contributed by atoms with Crippen molar-refractivity contribution in [1.29, 1.82) is 5.26 Å². The van der Waals surface area contributed by atoms with Gasteiger partial charge in [0.2, 0.25) is 0 Å². The predicted molar refractivity (Wildman–Crippen MR) is 241 cm³/mol. The molecular formula is C47H54BrCl2F6N3O4. The van der Waals surface area contributed by atoms with Gasteiger partial charge in [0.1, 0.15) is 11.5 Å². The summed E-state index contributed by atoms with van der Waals surface area (Å²) < 4.78 is 80.4. The molecule has 1 N–H and O–H groups in total. The highest BCUT2D eigenvalue weighted by Crippen LogP contribution is 2.27. The Balaban J connectivity index is 0.000000344. The number of nitrogens with one attached hydrogen (secondary N) is 1. The first kappa shape index (κ1) is 55.0. The highest BCUT2D eigenvalue weighted by Gasteiger charge is 2.32. The van der Waals surface area contributed by atoms with Crippen LogP contribution in [-0.2, 0) is 12.8 Å². The maximum Gasteiger partial charge on any atom is 0.573 e. The molecule has 2 aliphatic heterocycles. The Kier molecular flexibility index (Phi) is 25.0. The fraction of sp³-hybridized carbons (Fsp3) is 0.426. The lowest BCUT2D eigenvalue weighted by Gasteiger charge is -2.32. The Morgan fingerprint density at radius 2 is 1.16 bits per heavy atom. The Hall–Kier alpha value is -4.13. The summed E-state index contributed by atoms with van der Waals surface area (Å²) in [4.78, 5) is 25.7. The molecule has 0 saturated carbocycles. The molecular weight excluding hydrogens is 935 g/mol. The van der Waals surface area contributed by atoms with Crippen LogP contribution in [0.2, 0.25) is 10.0 Å². The first-order valence-electron chi connectivity index (χ1n) is 20.0. The summed E-state index contributed by atoms with van der Waals surface area (Å²) in [5.41, 5.74) is 3.39. The number of hydrogen-bond acceptors (Lipinski definition) is 7. The van der Waals surface area contributed by atoms with Gasteiger partial charge in [0.05, 0.1) is 17.9 Å². The molecule has 0 radical (unpaired) electrons. The number of rotatable bonds is 13. The number of carbonyl (C=O) groups is 2. The number of halogens is 9. The highest BCUT2D eigenvalue weighted by molar-refractivity contribution is 9.09. The summed E-state index contributed by atoms with van der Waals surface area (Å²) in [6, 6.07) is 27.7. The molecule has 0 aromatic heterocycles. The second kappa shape index (κ2) is 28.6. The molecule has 63 heavy (non-hydrogen) atoms. The first-order chi connectivity index (χ1) is 29.5. The Labute approximate surface area is 385 Å². The van der Waals surface area contributed by atoms with Crippen LogP contribution in [0.1, 0.15) is 84.7 Å².